The van der Waals surface area contributed by atoms with Gasteiger partial charge in [0.15, 0.2) is 0 Å². The number of nitrogens with one attached hydrogen (secondary N) is 2. The minimum absolute atomic E-state index is 0.597. The van der Waals surface area contributed by atoms with E-state index in [1.807, 2.05) is 19.9 Å². The molecule has 0 unspecified atom stereocenters. The lowest BCUT2D eigenvalue weighted by molar-refractivity contribution is 0.991. The van der Waals surface area contributed by atoms with Crippen molar-refractivity contribution >= 4 is 21.9 Å². The summed E-state index contributed by atoms with van der Waals surface area (Å²) in [5, 5.41) is 9.86. The molecular weight excluding hydrogens is 270 g/mol. The van der Waals surface area contributed by atoms with Crippen LogP contribution in [0.5, 0.6) is 0 Å². The Balaban J connectivity index is 2.02. The van der Waals surface area contributed by atoms with Crippen molar-refractivity contribution in [2.75, 3.05) is 5.32 Å². The van der Waals surface area contributed by atoms with Gasteiger partial charge in [-0.2, -0.15) is 4.98 Å². The molecule has 0 spiro atoms. The predicted octanol–water partition coefficient (Wildman–Crippen LogP) is 2.19. The van der Waals surface area contributed by atoms with Crippen LogP contribution >= 0.6 is 15.9 Å². The number of aromatic nitrogens is 4. The van der Waals surface area contributed by atoms with Gasteiger partial charge in [-0.05, 0) is 41.4 Å². The first-order valence-corrected chi connectivity index (χ1v) is 5.68. The van der Waals surface area contributed by atoms with E-state index in [-0.39, 0.29) is 0 Å². The highest BCUT2D eigenvalue weighted by Gasteiger charge is 2.01. The lowest BCUT2D eigenvalue weighted by Gasteiger charge is -2.03. The number of pyridine rings is 1. The van der Waals surface area contributed by atoms with Gasteiger partial charge in [0.05, 0.1) is 12.2 Å². The molecule has 0 saturated heterocycles. The second kappa shape index (κ2) is 4.61. The average Bonchev–Trinajstić information content (AvgIpc) is 2.66. The number of rotatable bonds is 3. The second-order valence-corrected chi connectivity index (χ2v) is 4.38. The fourth-order valence-corrected chi connectivity index (χ4v) is 1.50. The number of hydrogen-bond donors (Lipinski definition) is 2. The molecule has 2 aromatic rings. The van der Waals surface area contributed by atoms with E-state index in [2.05, 4.69) is 41.4 Å². The third-order valence-corrected chi connectivity index (χ3v) is 2.96. The normalized spacial score (nSPS) is 10.4. The Morgan fingerprint density at radius 3 is 2.88 bits per heavy atom. The number of halogens is 1. The van der Waals surface area contributed by atoms with Gasteiger partial charge in [0.1, 0.15) is 5.82 Å². The van der Waals surface area contributed by atoms with Crippen molar-refractivity contribution in [3.63, 3.8) is 0 Å². The van der Waals surface area contributed by atoms with E-state index >= 15 is 0 Å². The Kier molecular flexibility index (Phi) is 3.19. The van der Waals surface area contributed by atoms with Gasteiger partial charge in [0, 0.05) is 10.7 Å². The summed E-state index contributed by atoms with van der Waals surface area (Å²) in [5.74, 6) is 1.39. The molecule has 0 aliphatic rings. The monoisotopic (exact) mass is 281 g/mol. The maximum Gasteiger partial charge on any atom is 0.242 e. The molecule has 0 aromatic carbocycles. The predicted molar refractivity (Wildman–Crippen MR) is 65.1 cm³/mol. The van der Waals surface area contributed by atoms with Crippen LogP contribution in [-0.2, 0) is 6.54 Å². The highest BCUT2D eigenvalue weighted by Crippen LogP contribution is 2.15. The molecule has 0 fully saturated rings. The zero-order valence-electron chi connectivity index (χ0n) is 9.08. The van der Waals surface area contributed by atoms with E-state index in [1.54, 1.807) is 6.20 Å². The van der Waals surface area contributed by atoms with Gasteiger partial charge in [-0.1, -0.05) is 0 Å². The zero-order chi connectivity index (χ0) is 11.5. The molecule has 16 heavy (non-hydrogen) atoms. The Morgan fingerprint density at radius 1 is 1.44 bits per heavy atom. The lowest BCUT2D eigenvalue weighted by Crippen LogP contribution is -2.03. The van der Waals surface area contributed by atoms with E-state index < -0.39 is 0 Å². The van der Waals surface area contributed by atoms with E-state index in [9.17, 15) is 0 Å². The quantitative estimate of drug-likeness (QED) is 0.905. The Bertz CT molecular complexity index is 494. The summed E-state index contributed by atoms with van der Waals surface area (Å²) in [6.07, 6.45) is 1.80. The highest BCUT2D eigenvalue weighted by molar-refractivity contribution is 9.10. The van der Waals surface area contributed by atoms with Gasteiger partial charge in [0.25, 0.3) is 0 Å². The molecule has 2 rings (SSSR count). The molecule has 2 heterocycles. The van der Waals surface area contributed by atoms with Crippen LogP contribution < -0.4 is 5.32 Å². The standard InChI is InChI=1S/C10H12BrN5/c1-6-3-8(12-5-9(6)11)4-13-10-14-7(2)15-16-10/h3,5H,4H2,1-2H3,(H2,13,14,15,16). The van der Waals surface area contributed by atoms with Crippen LogP contribution in [0.2, 0.25) is 0 Å². The van der Waals surface area contributed by atoms with Crippen LogP contribution in [0.15, 0.2) is 16.7 Å². The van der Waals surface area contributed by atoms with Crippen molar-refractivity contribution in [2.45, 2.75) is 20.4 Å². The lowest BCUT2D eigenvalue weighted by atomic mass is 10.2. The molecule has 0 aliphatic heterocycles. The van der Waals surface area contributed by atoms with Gasteiger partial charge >= 0.3 is 0 Å². The van der Waals surface area contributed by atoms with Crippen molar-refractivity contribution < 1.29 is 0 Å². The number of nitrogens with zero attached hydrogens (tertiary/aromatic N) is 3. The molecule has 0 bridgehead atoms. The maximum absolute atomic E-state index is 4.29. The molecule has 0 aliphatic carbocycles. The first kappa shape index (κ1) is 11.1. The summed E-state index contributed by atoms with van der Waals surface area (Å²) in [6.45, 7) is 4.51. The number of hydrogen-bond acceptors (Lipinski definition) is 4. The summed E-state index contributed by atoms with van der Waals surface area (Å²) < 4.78 is 1.02. The van der Waals surface area contributed by atoms with E-state index in [4.69, 9.17) is 0 Å². The molecule has 84 valence electrons. The van der Waals surface area contributed by atoms with Gasteiger partial charge in [-0.3, -0.25) is 10.1 Å². The topological polar surface area (TPSA) is 66.5 Å². The fourth-order valence-electron chi connectivity index (χ4n) is 1.29. The SMILES string of the molecule is Cc1nc(NCc2cc(C)c(Br)cn2)n[nH]1. The van der Waals surface area contributed by atoms with Crippen LogP contribution in [-0.4, -0.2) is 20.2 Å². The van der Waals surface area contributed by atoms with Crippen LogP contribution in [0, 0.1) is 13.8 Å². The smallest absolute Gasteiger partial charge is 0.242 e. The van der Waals surface area contributed by atoms with Crippen molar-refractivity contribution in [1.82, 2.24) is 20.2 Å². The molecule has 6 heteroatoms. The molecule has 0 amide bonds. The summed E-state index contributed by atoms with van der Waals surface area (Å²) in [6, 6.07) is 2.02. The first-order chi connectivity index (χ1) is 7.65. The van der Waals surface area contributed by atoms with E-state index in [0.717, 1.165) is 21.6 Å². The number of aryl methyl sites for hydroxylation is 2. The van der Waals surface area contributed by atoms with Crippen molar-refractivity contribution in [1.29, 1.82) is 0 Å². The molecule has 2 aromatic heterocycles. The Morgan fingerprint density at radius 2 is 2.25 bits per heavy atom. The van der Waals surface area contributed by atoms with Crippen molar-refractivity contribution in [2.24, 2.45) is 0 Å². The molecule has 0 atom stereocenters. The molecule has 0 saturated carbocycles. The third-order valence-electron chi connectivity index (χ3n) is 2.13. The van der Waals surface area contributed by atoms with Crippen LogP contribution in [0.25, 0.3) is 0 Å². The summed E-state index contributed by atoms with van der Waals surface area (Å²) in [4.78, 5) is 8.44. The summed E-state index contributed by atoms with van der Waals surface area (Å²) in [5.41, 5.74) is 2.13. The first-order valence-electron chi connectivity index (χ1n) is 4.89. The fraction of sp³-hybridized carbons (Fsp3) is 0.300. The van der Waals surface area contributed by atoms with Crippen molar-refractivity contribution in [3.05, 3.63) is 33.8 Å². The third kappa shape index (κ3) is 2.57. The van der Waals surface area contributed by atoms with E-state index in [0.29, 0.717) is 12.5 Å². The van der Waals surface area contributed by atoms with Crippen molar-refractivity contribution in [3.8, 4) is 0 Å². The minimum Gasteiger partial charge on any atom is -0.347 e. The Hall–Kier alpha value is -1.43. The van der Waals surface area contributed by atoms with Gasteiger partial charge in [0.2, 0.25) is 5.95 Å². The number of aromatic amines is 1. The Labute approximate surface area is 102 Å². The van der Waals surface area contributed by atoms with E-state index in [1.165, 1.54) is 0 Å². The molecule has 5 nitrogen and oxygen atoms in total. The summed E-state index contributed by atoms with van der Waals surface area (Å²) >= 11 is 3.42. The van der Waals surface area contributed by atoms with Crippen LogP contribution in [0.3, 0.4) is 0 Å². The van der Waals surface area contributed by atoms with Gasteiger partial charge in [-0.15, -0.1) is 5.10 Å². The average molecular weight is 282 g/mol. The maximum atomic E-state index is 4.29. The second-order valence-electron chi connectivity index (χ2n) is 3.52. The van der Waals surface area contributed by atoms with Crippen LogP contribution in [0.4, 0.5) is 5.95 Å². The zero-order valence-corrected chi connectivity index (χ0v) is 10.7. The van der Waals surface area contributed by atoms with Gasteiger partial charge in [-0.25, -0.2) is 0 Å². The van der Waals surface area contributed by atoms with Gasteiger partial charge < -0.3 is 5.32 Å². The number of H-pyrrole nitrogens is 1. The minimum atomic E-state index is 0.597. The molecule has 2 N–H and O–H groups in total. The highest BCUT2D eigenvalue weighted by atomic mass is 79.9. The van der Waals surface area contributed by atoms with Crippen LogP contribution in [0.1, 0.15) is 17.1 Å². The largest absolute Gasteiger partial charge is 0.347 e. The summed E-state index contributed by atoms with van der Waals surface area (Å²) in [7, 11) is 0. The number of anilines is 1. The molecule has 0 radical (unpaired) electrons. The molecular formula is C10H12BrN5.